The number of esters is 1. The number of hydrogen-bond acceptors (Lipinski definition) is 5. The van der Waals surface area contributed by atoms with E-state index >= 15 is 0 Å². The molecule has 0 bridgehead atoms. The van der Waals surface area contributed by atoms with Crippen molar-refractivity contribution in [3.8, 4) is 11.1 Å². The molecular weight excluding hydrogens is 386 g/mol. The first-order valence-electron chi connectivity index (χ1n) is 9.18. The fourth-order valence-electron chi connectivity index (χ4n) is 3.07. The maximum absolute atomic E-state index is 12.6. The van der Waals surface area contributed by atoms with Crippen LogP contribution in [-0.4, -0.2) is 27.2 Å². The zero-order valence-electron chi connectivity index (χ0n) is 16.0. The predicted octanol–water partition coefficient (Wildman–Crippen LogP) is 4.33. The molecule has 0 saturated carbocycles. The highest BCUT2D eigenvalue weighted by Crippen LogP contribution is 2.33. The molecule has 29 heavy (non-hydrogen) atoms. The van der Waals surface area contributed by atoms with Crippen LogP contribution in [0.2, 0.25) is 0 Å². The molecule has 0 unspecified atom stereocenters. The van der Waals surface area contributed by atoms with Gasteiger partial charge in [-0.05, 0) is 43.2 Å². The Labute approximate surface area is 171 Å². The number of carbonyl (C=O) groups excluding carboxylic acids is 1. The number of rotatable bonds is 5. The molecule has 2 heterocycles. The number of aryl methyl sites for hydroxylation is 1. The Morgan fingerprint density at radius 3 is 2.72 bits per heavy atom. The number of hydrogen-bond donors (Lipinski definition) is 1. The van der Waals surface area contributed by atoms with E-state index in [0.717, 1.165) is 21.6 Å². The van der Waals surface area contributed by atoms with Crippen molar-refractivity contribution in [3.63, 3.8) is 0 Å². The van der Waals surface area contributed by atoms with Crippen LogP contribution in [0.1, 0.15) is 22.8 Å². The molecule has 0 fully saturated rings. The number of aromatic amines is 1. The van der Waals surface area contributed by atoms with Crippen LogP contribution >= 0.6 is 11.8 Å². The summed E-state index contributed by atoms with van der Waals surface area (Å²) < 4.78 is 6.19. The van der Waals surface area contributed by atoms with Crippen LogP contribution in [0.15, 0.2) is 75.5 Å². The number of carbonyl (C=O) groups is 1. The summed E-state index contributed by atoms with van der Waals surface area (Å²) in [6.07, 6.45) is 3.00. The number of benzene rings is 2. The van der Waals surface area contributed by atoms with Crippen molar-refractivity contribution < 1.29 is 9.53 Å². The van der Waals surface area contributed by atoms with Crippen molar-refractivity contribution in [2.24, 2.45) is 0 Å². The third kappa shape index (κ3) is 3.69. The second-order valence-corrected chi connectivity index (χ2v) is 7.55. The summed E-state index contributed by atoms with van der Waals surface area (Å²) in [5.41, 5.74) is 2.75. The molecule has 146 valence electrons. The first-order chi connectivity index (χ1) is 14.1. The molecule has 0 aliphatic heterocycles. The Hall–Kier alpha value is -3.32. The smallest absolute Gasteiger partial charge is 0.345 e. The van der Waals surface area contributed by atoms with Crippen molar-refractivity contribution in [2.75, 3.05) is 6.61 Å². The summed E-state index contributed by atoms with van der Waals surface area (Å²) in [7, 11) is 0. The molecule has 2 aromatic heterocycles. The van der Waals surface area contributed by atoms with Crippen molar-refractivity contribution in [2.45, 2.75) is 23.6 Å². The Morgan fingerprint density at radius 1 is 1.21 bits per heavy atom. The fourth-order valence-corrected chi connectivity index (χ4v) is 3.97. The zero-order chi connectivity index (χ0) is 20.4. The summed E-state index contributed by atoms with van der Waals surface area (Å²) in [5.74, 6) is -0.673. The molecule has 1 N–H and O–H groups in total. The largest absolute Gasteiger partial charge is 0.462 e. The third-order valence-electron chi connectivity index (χ3n) is 4.49. The van der Waals surface area contributed by atoms with Gasteiger partial charge in [-0.25, -0.2) is 14.3 Å². The number of ether oxygens (including phenoxy) is 1. The van der Waals surface area contributed by atoms with Crippen LogP contribution in [0.5, 0.6) is 0 Å². The van der Waals surface area contributed by atoms with E-state index < -0.39 is 11.5 Å². The molecule has 6 nitrogen and oxygen atoms in total. The first kappa shape index (κ1) is 19.0. The van der Waals surface area contributed by atoms with E-state index in [1.165, 1.54) is 15.6 Å². The average Bonchev–Trinajstić information content (AvgIpc) is 3.16. The summed E-state index contributed by atoms with van der Waals surface area (Å²) in [6, 6.07) is 16.3. The van der Waals surface area contributed by atoms with Gasteiger partial charge in [0.1, 0.15) is 5.56 Å². The van der Waals surface area contributed by atoms with E-state index in [1.54, 1.807) is 24.9 Å². The fraction of sp³-hybridized carbons (Fsp3) is 0.136. The molecule has 0 radical (unpaired) electrons. The van der Waals surface area contributed by atoms with Gasteiger partial charge in [0.05, 0.1) is 6.61 Å². The molecule has 4 aromatic rings. The molecule has 0 spiro atoms. The molecule has 4 rings (SSSR count). The summed E-state index contributed by atoms with van der Waals surface area (Å²) >= 11 is 1.71. The van der Waals surface area contributed by atoms with Gasteiger partial charge < -0.3 is 4.74 Å². The van der Waals surface area contributed by atoms with Gasteiger partial charge in [-0.15, -0.1) is 0 Å². The van der Waals surface area contributed by atoms with Gasteiger partial charge in [0.2, 0.25) is 0 Å². The molecule has 0 aliphatic carbocycles. The van der Waals surface area contributed by atoms with E-state index in [4.69, 9.17) is 4.74 Å². The van der Waals surface area contributed by atoms with Crippen molar-refractivity contribution in [1.29, 1.82) is 0 Å². The van der Waals surface area contributed by atoms with Crippen LogP contribution in [-0.2, 0) is 4.74 Å². The maximum Gasteiger partial charge on any atom is 0.345 e. The Balaban J connectivity index is 1.70. The quantitative estimate of drug-likeness (QED) is 0.500. The van der Waals surface area contributed by atoms with E-state index in [0.29, 0.717) is 5.65 Å². The van der Waals surface area contributed by atoms with E-state index in [9.17, 15) is 9.59 Å². The highest BCUT2D eigenvalue weighted by Gasteiger charge is 2.17. The second kappa shape index (κ2) is 7.97. The van der Waals surface area contributed by atoms with Crippen molar-refractivity contribution in [3.05, 3.63) is 82.4 Å². The lowest BCUT2D eigenvalue weighted by molar-refractivity contribution is 0.0523. The molecule has 7 heteroatoms. The number of aromatic nitrogens is 3. The molecular formula is C22H19N3O3S. The Morgan fingerprint density at radius 2 is 2.00 bits per heavy atom. The van der Waals surface area contributed by atoms with Gasteiger partial charge in [0, 0.05) is 27.7 Å². The number of nitrogens with zero attached hydrogens (tertiary/aromatic N) is 2. The lowest BCUT2D eigenvalue weighted by atomic mass is 10.1. The highest BCUT2D eigenvalue weighted by molar-refractivity contribution is 7.99. The van der Waals surface area contributed by atoms with E-state index in [1.807, 2.05) is 24.3 Å². The van der Waals surface area contributed by atoms with Crippen LogP contribution in [0, 0.1) is 6.92 Å². The summed E-state index contributed by atoms with van der Waals surface area (Å²) in [6.45, 7) is 3.95. The second-order valence-electron chi connectivity index (χ2n) is 6.44. The van der Waals surface area contributed by atoms with Crippen LogP contribution < -0.4 is 5.56 Å². The summed E-state index contributed by atoms with van der Waals surface area (Å²) in [5, 5.41) is 2.89. The average molecular weight is 405 g/mol. The van der Waals surface area contributed by atoms with Gasteiger partial charge in [-0.2, -0.15) is 0 Å². The monoisotopic (exact) mass is 405 g/mol. The molecule has 0 atom stereocenters. The number of fused-ring (bicyclic) bond motifs is 1. The number of H-pyrrole nitrogens is 1. The minimum Gasteiger partial charge on any atom is -0.462 e. The normalized spacial score (nSPS) is 11.0. The molecule has 2 aromatic carbocycles. The van der Waals surface area contributed by atoms with Gasteiger partial charge in [0.15, 0.2) is 5.65 Å². The Bertz CT molecular complexity index is 1250. The van der Waals surface area contributed by atoms with Gasteiger partial charge >= 0.3 is 5.97 Å². The molecule has 0 aliphatic rings. The van der Waals surface area contributed by atoms with E-state index in [-0.39, 0.29) is 12.2 Å². The third-order valence-corrected chi connectivity index (χ3v) is 5.68. The summed E-state index contributed by atoms with van der Waals surface area (Å²) in [4.78, 5) is 31.2. The lowest BCUT2D eigenvalue weighted by Gasteiger charge is -2.08. The van der Waals surface area contributed by atoms with Crippen LogP contribution in [0.3, 0.4) is 0 Å². The predicted molar refractivity (Wildman–Crippen MR) is 113 cm³/mol. The van der Waals surface area contributed by atoms with Crippen molar-refractivity contribution >= 4 is 23.4 Å². The highest BCUT2D eigenvalue weighted by atomic mass is 32.2. The van der Waals surface area contributed by atoms with Gasteiger partial charge in [-0.3, -0.25) is 9.89 Å². The molecule has 0 amide bonds. The minimum absolute atomic E-state index is 0.0939. The molecule has 0 saturated heterocycles. The standard InChI is InChI=1S/C22H19N3O3S/c1-3-28-22(27)18-12-23-20-17(13-24-25(20)21(18)26)15-9-10-19(14(2)11-15)29-16-7-5-4-6-8-16/h4-13,24H,3H2,1-2H3. The minimum atomic E-state index is -0.673. The van der Waals surface area contributed by atoms with Crippen LogP contribution in [0.4, 0.5) is 0 Å². The topological polar surface area (TPSA) is 76.5 Å². The maximum atomic E-state index is 12.6. The SMILES string of the molecule is CCOC(=O)c1cnc2c(-c3ccc(Sc4ccccc4)c(C)c3)c[nH]n2c1=O. The van der Waals surface area contributed by atoms with Gasteiger partial charge in [-0.1, -0.05) is 42.1 Å². The van der Waals surface area contributed by atoms with Gasteiger partial charge in [0.25, 0.3) is 5.56 Å². The first-order valence-corrected chi connectivity index (χ1v) is 10.0. The Kier molecular flexibility index (Phi) is 5.22. The van der Waals surface area contributed by atoms with Crippen LogP contribution in [0.25, 0.3) is 16.8 Å². The van der Waals surface area contributed by atoms with E-state index in [2.05, 4.69) is 41.3 Å². The van der Waals surface area contributed by atoms with Crippen molar-refractivity contribution in [1.82, 2.24) is 14.6 Å². The lowest BCUT2D eigenvalue weighted by Crippen LogP contribution is -2.24. The zero-order valence-corrected chi connectivity index (χ0v) is 16.8. The number of nitrogens with one attached hydrogen (secondary N) is 1.